The van der Waals surface area contributed by atoms with Crippen LogP contribution in [0.15, 0.2) is 77.4 Å². The maximum atomic E-state index is 12.3. The van der Waals surface area contributed by atoms with Gasteiger partial charge in [0, 0.05) is 12.7 Å². The van der Waals surface area contributed by atoms with Gasteiger partial charge in [-0.1, -0.05) is 18.2 Å². The first-order chi connectivity index (χ1) is 15.0. The van der Waals surface area contributed by atoms with Crippen LogP contribution in [0, 0.1) is 7.14 Å². The van der Waals surface area contributed by atoms with E-state index < -0.39 is 5.97 Å². The first kappa shape index (κ1) is 21.8. The molecule has 1 aliphatic rings. The Morgan fingerprint density at radius 2 is 1.77 bits per heavy atom. The Morgan fingerprint density at radius 3 is 2.52 bits per heavy atom. The number of nitrogens with zero attached hydrogens (tertiary/aromatic N) is 1. The number of carbonyl (C=O) groups is 1. The van der Waals surface area contributed by atoms with Crippen LogP contribution >= 0.6 is 45.2 Å². The fourth-order valence-electron chi connectivity index (χ4n) is 2.96. The molecule has 4 rings (SSSR count). The Balaban J connectivity index is 1.53. The molecule has 0 N–H and O–H groups in total. The van der Waals surface area contributed by atoms with Gasteiger partial charge in [0.05, 0.1) is 7.11 Å². The number of rotatable bonds is 6. The molecular formula is C24H17I2NO4. The lowest BCUT2D eigenvalue weighted by atomic mass is 10.1. The molecule has 0 atom stereocenters. The van der Waals surface area contributed by atoms with Crippen LogP contribution in [0.4, 0.5) is 0 Å². The van der Waals surface area contributed by atoms with Crippen molar-refractivity contribution in [1.82, 2.24) is 0 Å². The standard InChI is InChI=1S/C24H17I2NO4/c1-29-22-13-15(5-10-21(22)30-14-16-3-2-4-19(26)11-16)12-20-24(28)31-23(27-20)17-6-8-18(25)9-7-17/h2-13H,14H2,1H3/b20-12-. The van der Waals surface area contributed by atoms with E-state index in [1.807, 2.05) is 60.7 Å². The van der Waals surface area contributed by atoms with Crippen LogP contribution in [0.5, 0.6) is 11.5 Å². The van der Waals surface area contributed by atoms with E-state index in [9.17, 15) is 4.79 Å². The van der Waals surface area contributed by atoms with Crippen LogP contribution in [-0.2, 0) is 16.1 Å². The average Bonchev–Trinajstić information content (AvgIpc) is 3.13. The highest BCUT2D eigenvalue weighted by Gasteiger charge is 2.24. The van der Waals surface area contributed by atoms with Gasteiger partial charge in [0.2, 0.25) is 5.90 Å². The fourth-order valence-corrected chi connectivity index (χ4v) is 3.93. The summed E-state index contributed by atoms with van der Waals surface area (Å²) >= 11 is 4.50. The van der Waals surface area contributed by atoms with Crippen LogP contribution in [0.1, 0.15) is 16.7 Å². The third-order valence-corrected chi connectivity index (χ3v) is 5.88. The van der Waals surface area contributed by atoms with Crippen molar-refractivity contribution in [2.75, 3.05) is 7.11 Å². The van der Waals surface area contributed by atoms with Gasteiger partial charge in [0.25, 0.3) is 0 Å². The van der Waals surface area contributed by atoms with Crippen molar-refractivity contribution in [1.29, 1.82) is 0 Å². The van der Waals surface area contributed by atoms with E-state index in [1.165, 1.54) is 0 Å². The molecule has 0 aliphatic carbocycles. The molecule has 156 valence electrons. The third kappa shape index (κ3) is 5.45. The number of halogens is 2. The first-order valence-corrected chi connectivity index (χ1v) is 11.5. The van der Waals surface area contributed by atoms with Crippen molar-refractivity contribution in [3.8, 4) is 11.5 Å². The minimum Gasteiger partial charge on any atom is -0.493 e. The van der Waals surface area contributed by atoms with E-state index in [1.54, 1.807) is 13.2 Å². The highest BCUT2D eigenvalue weighted by atomic mass is 127. The molecule has 1 heterocycles. The van der Waals surface area contributed by atoms with Crippen LogP contribution in [0.2, 0.25) is 0 Å². The van der Waals surface area contributed by atoms with E-state index in [-0.39, 0.29) is 5.70 Å². The zero-order chi connectivity index (χ0) is 21.8. The normalized spacial score (nSPS) is 14.4. The molecule has 0 saturated carbocycles. The summed E-state index contributed by atoms with van der Waals surface area (Å²) in [5.41, 5.74) is 2.83. The summed E-state index contributed by atoms with van der Waals surface area (Å²) in [4.78, 5) is 16.6. The minimum absolute atomic E-state index is 0.239. The molecule has 0 saturated heterocycles. The Labute approximate surface area is 207 Å². The summed E-state index contributed by atoms with van der Waals surface area (Å²) in [6, 6.07) is 21.2. The van der Waals surface area contributed by atoms with Gasteiger partial charge in [-0.25, -0.2) is 9.79 Å². The molecule has 0 spiro atoms. The number of aliphatic imine (C=N–C) groups is 1. The highest BCUT2D eigenvalue weighted by molar-refractivity contribution is 14.1. The number of hydrogen-bond acceptors (Lipinski definition) is 5. The summed E-state index contributed by atoms with van der Waals surface area (Å²) in [5, 5.41) is 0. The first-order valence-electron chi connectivity index (χ1n) is 9.35. The van der Waals surface area contributed by atoms with Gasteiger partial charge in [0.15, 0.2) is 17.2 Å². The van der Waals surface area contributed by atoms with Crippen LogP contribution in [0.3, 0.4) is 0 Å². The molecule has 0 bridgehead atoms. The van der Waals surface area contributed by atoms with E-state index in [2.05, 4.69) is 56.2 Å². The van der Waals surface area contributed by atoms with Crippen molar-refractivity contribution in [2.45, 2.75) is 6.61 Å². The summed E-state index contributed by atoms with van der Waals surface area (Å²) in [6.45, 7) is 0.434. The lowest BCUT2D eigenvalue weighted by molar-refractivity contribution is -0.129. The lowest BCUT2D eigenvalue weighted by Gasteiger charge is -2.11. The van der Waals surface area contributed by atoms with E-state index in [4.69, 9.17) is 14.2 Å². The maximum Gasteiger partial charge on any atom is 0.363 e. The lowest BCUT2D eigenvalue weighted by Crippen LogP contribution is -2.05. The molecule has 0 unspecified atom stereocenters. The van der Waals surface area contributed by atoms with E-state index in [0.717, 1.165) is 23.8 Å². The molecular weight excluding hydrogens is 620 g/mol. The third-order valence-electron chi connectivity index (χ3n) is 4.49. The fraction of sp³-hybridized carbons (Fsp3) is 0.0833. The predicted octanol–water partition coefficient (Wildman–Crippen LogP) is 5.83. The van der Waals surface area contributed by atoms with Gasteiger partial charge in [-0.15, -0.1) is 0 Å². The monoisotopic (exact) mass is 637 g/mol. The quantitative estimate of drug-likeness (QED) is 0.194. The average molecular weight is 637 g/mol. The van der Waals surface area contributed by atoms with Crippen LogP contribution in [-0.4, -0.2) is 19.0 Å². The Bertz CT molecular complexity index is 1190. The maximum absolute atomic E-state index is 12.3. The molecule has 3 aromatic carbocycles. The molecule has 0 amide bonds. The molecule has 0 fully saturated rings. The van der Waals surface area contributed by atoms with Crippen molar-refractivity contribution >= 4 is 63.1 Å². The summed E-state index contributed by atoms with van der Waals surface area (Å²) < 4.78 is 19.0. The predicted molar refractivity (Wildman–Crippen MR) is 136 cm³/mol. The molecule has 31 heavy (non-hydrogen) atoms. The van der Waals surface area contributed by atoms with Gasteiger partial charge in [-0.3, -0.25) is 0 Å². The second-order valence-electron chi connectivity index (χ2n) is 6.67. The van der Waals surface area contributed by atoms with Crippen molar-refractivity contribution in [3.05, 3.63) is 96.3 Å². The Hall–Kier alpha value is -2.40. The molecule has 1 aliphatic heterocycles. The number of benzene rings is 3. The number of carbonyl (C=O) groups excluding carboxylic acids is 1. The van der Waals surface area contributed by atoms with Crippen LogP contribution < -0.4 is 9.47 Å². The largest absolute Gasteiger partial charge is 0.493 e. The van der Waals surface area contributed by atoms with Gasteiger partial charge in [-0.05, 0) is 111 Å². The number of ether oxygens (including phenoxy) is 3. The molecule has 7 heteroatoms. The van der Waals surface area contributed by atoms with Crippen molar-refractivity contribution in [3.63, 3.8) is 0 Å². The van der Waals surface area contributed by atoms with Crippen LogP contribution in [0.25, 0.3) is 6.08 Å². The second-order valence-corrected chi connectivity index (χ2v) is 9.16. The van der Waals surface area contributed by atoms with Gasteiger partial charge in [0.1, 0.15) is 6.61 Å². The second kappa shape index (κ2) is 9.82. The topological polar surface area (TPSA) is 57.1 Å². The SMILES string of the molecule is COc1cc(/C=C2\N=C(c3ccc(I)cc3)OC2=O)ccc1OCc1cccc(I)c1. The molecule has 0 aromatic heterocycles. The molecule has 3 aromatic rings. The van der Waals surface area contributed by atoms with E-state index in [0.29, 0.717) is 24.0 Å². The molecule has 0 radical (unpaired) electrons. The minimum atomic E-state index is -0.480. The number of cyclic esters (lactones) is 1. The number of esters is 1. The number of hydrogen-bond donors (Lipinski definition) is 0. The van der Waals surface area contributed by atoms with E-state index >= 15 is 0 Å². The summed E-state index contributed by atoms with van der Waals surface area (Å²) in [7, 11) is 1.58. The van der Waals surface area contributed by atoms with Gasteiger partial charge in [-0.2, -0.15) is 0 Å². The summed E-state index contributed by atoms with van der Waals surface area (Å²) in [6.07, 6.45) is 1.67. The zero-order valence-corrected chi connectivity index (χ0v) is 20.8. The molecule has 5 nitrogen and oxygen atoms in total. The Kier molecular flexibility index (Phi) is 6.91. The highest BCUT2D eigenvalue weighted by Crippen LogP contribution is 2.30. The van der Waals surface area contributed by atoms with Gasteiger partial charge < -0.3 is 14.2 Å². The zero-order valence-electron chi connectivity index (χ0n) is 16.5. The van der Waals surface area contributed by atoms with Gasteiger partial charge >= 0.3 is 5.97 Å². The van der Waals surface area contributed by atoms with Crippen molar-refractivity contribution < 1.29 is 19.0 Å². The number of methoxy groups -OCH3 is 1. The summed E-state index contributed by atoms with van der Waals surface area (Å²) in [5.74, 6) is 1.03. The Morgan fingerprint density at radius 1 is 0.968 bits per heavy atom. The smallest absolute Gasteiger partial charge is 0.363 e. The van der Waals surface area contributed by atoms with Crippen molar-refractivity contribution in [2.24, 2.45) is 4.99 Å².